The first-order valence-corrected chi connectivity index (χ1v) is 16.4. The van der Waals surface area contributed by atoms with Crippen LogP contribution in [0.5, 0.6) is 0 Å². The van der Waals surface area contributed by atoms with Crippen LogP contribution in [0.25, 0.3) is 0 Å². The van der Waals surface area contributed by atoms with Gasteiger partial charge in [-0.15, -0.1) is 0 Å². The van der Waals surface area contributed by atoms with E-state index in [1.54, 1.807) is 48.6 Å². The van der Waals surface area contributed by atoms with Crippen LogP contribution in [0.4, 0.5) is 0 Å². The first kappa shape index (κ1) is 40.8. The number of unbranched alkanes of at least 4 members (excludes halogenated alkanes) is 2. The molecular formula is C32H58N6O8. The van der Waals surface area contributed by atoms with Crippen molar-refractivity contribution in [2.24, 2.45) is 5.73 Å². The Kier molecular flexibility index (Phi) is 16.6. The number of amides is 4. The highest BCUT2D eigenvalue weighted by molar-refractivity contribution is 5.98. The van der Waals surface area contributed by atoms with Gasteiger partial charge in [0.2, 0.25) is 23.6 Å². The zero-order chi connectivity index (χ0) is 35.1. The van der Waals surface area contributed by atoms with E-state index < -0.39 is 65.0 Å². The molecule has 14 heteroatoms. The van der Waals surface area contributed by atoms with E-state index in [-0.39, 0.29) is 37.8 Å². The molecule has 0 unspecified atom stereocenters. The molecule has 1 aliphatic carbocycles. The van der Waals surface area contributed by atoms with E-state index in [0.29, 0.717) is 25.7 Å². The lowest BCUT2D eigenvalue weighted by atomic mass is 10.1. The first-order valence-electron chi connectivity index (χ1n) is 16.4. The van der Waals surface area contributed by atoms with Gasteiger partial charge in [0, 0.05) is 26.6 Å². The second-order valence-corrected chi connectivity index (χ2v) is 13.9. The average molecular weight is 655 g/mol. The summed E-state index contributed by atoms with van der Waals surface area (Å²) in [5, 5.41) is 13.8. The standard InChI is InChI=1S/C32H58N6O8/c1-9-10-11-14-22(27(42)34-8)35-18-19-36-28(43)23(20-25(40)46-31(5,6)7)37-29(44)32(16-17-32)38-26(41)21(33)13-12-15-24(39)45-30(2,3)4/h21-23,35H,9-20,33H2,1-8H3,(H,34,42)(H,36,43)(H,37,44)(H,38,41)/t21-,22-,23+/m0/s1. The maximum atomic E-state index is 13.3. The van der Waals surface area contributed by atoms with Gasteiger partial charge in [-0.25, -0.2) is 0 Å². The van der Waals surface area contributed by atoms with Crippen molar-refractivity contribution in [1.82, 2.24) is 26.6 Å². The topological polar surface area (TPSA) is 207 Å². The van der Waals surface area contributed by atoms with Crippen molar-refractivity contribution >= 4 is 35.6 Å². The summed E-state index contributed by atoms with van der Waals surface area (Å²) in [5.74, 6) is -2.98. The minimum absolute atomic E-state index is 0.103. The summed E-state index contributed by atoms with van der Waals surface area (Å²) in [7, 11) is 1.57. The monoisotopic (exact) mass is 654 g/mol. The summed E-state index contributed by atoms with van der Waals surface area (Å²) in [6.45, 7) is 12.9. The third-order valence-corrected chi connectivity index (χ3v) is 7.09. The second-order valence-electron chi connectivity index (χ2n) is 13.9. The van der Waals surface area contributed by atoms with E-state index in [0.717, 1.165) is 19.3 Å². The lowest BCUT2D eigenvalue weighted by molar-refractivity contribution is -0.157. The molecule has 0 aromatic heterocycles. The van der Waals surface area contributed by atoms with Crippen LogP contribution in [-0.4, -0.2) is 90.6 Å². The fourth-order valence-electron chi connectivity index (χ4n) is 4.56. The zero-order valence-corrected chi connectivity index (χ0v) is 29.1. The van der Waals surface area contributed by atoms with Crippen LogP contribution in [0, 0.1) is 0 Å². The quantitative estimate of drug-likeness (QED) is 0.0814. The largest absolute Gasteiger partial charge is 0.460 e. The minimum atomic E-state index is -1.27. The summed E-state index contributed by atoms with van der Waals surface area (Å²) < 4.78 is 10.6. The van der Waals surface area contributed by atoms with Crippen molar-refractivity contribution in [1.29, 1.82) is 0 Å². The molecule has 0 bridgehead atoms. The van der Waals surface area contributed by atoms with Gasteiger partial charge < -0.3 is 41.8 Å². The van der Waals surface area contributed by atoms with E-state index in [4.69, 9.17) is 15.2 Å². The van der Waals surface area contributed by atoms with Gasteiger partial charge in [0.15, 0.2) is 0 Å². The number of ether oxygens (including phenoxy) is 2. The van der Waals surface area contributed by atoms with Crippen LogP contribution in [0.15, 0.2) is 0 Å². The maximum absolute atomic E-state index is 13.3. The van der Waals surface area contributed by atoms with Gasteiger partial charge in [0.25, 0.3) is 0 Å². The van der Waals surface area contributed by atoms with Crippen LogP contribution >= 0.6 is 0 Å². The Bertz CT molecular complexity index is 1050. The van der Waals surface area contributed by atoms with Gasteiger partial charge in [0.1, 0.15) is 22.8 Å². The van der Waals surface area contributed by atoms with E-state index in [1.165, 1.54) is 0 Å². The number of carbonyl (C=O) groups is 6. The third kappa shape index (κ3) is 16.3. The van der Waals surface area contributed by atoms with Gasteiger partial charge in [-0.05, 0) is 73.6 Å². The molecule has 46 heavy (non-hydrogen) atoms. The highest BCUT2D eigenvalue weighted by atomic mass is 16.6. The molecule has 1 saturated carbocycles. The summed E-state index contributed by atoms with van der Waals surface area (Å²) >= 11 is 0. The molecule has 4 amide bonds. The molecule has 3 atom stereocenters. The summed E-state index contributed by atoms with van der Waals surface area (Å²) in [5.41, 5.74) is 3.37. The van der Waals surface area contributed by atoms with Crippen molar-refractivity contribution in [2.45, 2.75) is 148 Å². The lowest BCUT2D eigenvalue weighted by Gasteiger charge is -2.25. The van der Waals surface area contributed by atoms with Crippen LogP contribution in [-0.2, 0) is 38.2 Å². The van der Waals surface area contributed by atoms with Gasteiger partial charge in [-0.3, -0.25) is 28.8 Å². The molecule has 0 spiro atoms. The van der Waals surface area contributed by atoms with Crippen molar-refractivity contribution in [3.05, 3.63) is 0 Å². The third-order valence-electron chi connectivity index (χ3n) is 7.09. The molecule has 1 fully saturated rings. The van der Waals surface area contributed by atoms with Crippen LogP contribution in [0.1, 0.15) is 113 Å². The number of nitrogens with two attached hydrogens (primary N) is 1. The molecule has 1 aliphatic rings. The number of hydrogen-bond donors (Lipinski definition) is 6. The number of nitrogens with one attached hydrogen (secondary N) is 5. The summed E-state index contributed by atoms with van der Waals surface area (Å²) in [6, 6.07) is -2.63. The molecular weight excluding hydrogens is 596 g/mol. The highest BCUT2D eigenvalue weighted by Gasteiger charge is 2.52. The number of esters is 2. The van der Waals surface area contributed by atoms with Crippen molar-refractivity contribution in [2.75, 3.05) is 20.1 Å². The van der Waals surface area contributed by atoms with Gasteiger partial charge >= 0.3 is 11.9 Å². The Morgan fingerprint density at radius 2 is 1.39 bits per heavy atom. The second kappa shape index (κ2) is 18.8. The Balaban J connectivity index is 2.79. The van der Waals surface area contributed by atoms with Crippen molar-refractivity contribution < 1.29 is 38.2 Å². The van der Waals surface area contributed by atoms with Gasteiger partial charge in [0.05, 0.1) is 18.5 Å². The Labute approximate surface area is 273 Å². The SMILES string of the molecule is CCCCC[C@H](NCCNC(=O)[C@@H](CC(=O)OC(C)(C)C)NC(=O)C1(NC(=O)[C@@H](N)CCCC(=O)OC(C)(C)C)CC1)C(=O)NC. The summed E-state index contributed by atoms with van der Waals surface area (Å²) in [4.78, 5) is 76.1. The maximum Gasteiger partial charge on any atom is 0.308 e. The molecule has 0 aromatic carbocycles. The van der Waals surface area contributed by atoms with Crippen LogP contribution in [0.3, 0.4) is 0 Å². The summed E-state index contributed by atoms with van der Waals surface area (Å²) in [6.07, 6.45) is 4.44. The molecule has 0 radical (unpaired) electrons. The van der Waals surface area contributed by atoms with Crippen molar-refractivity contribution in [3.8, 4) is 0 Å². The molecule has 0 aromatic rings. The number of hydrogen-bond acceptors (Lipinski definition) is 10. The molecule has 0 heterocycles. The van der Waals surface area contributed by atoms with E-state index in [1.807, 2.05) is 0 Å². The Hall–Kier alpha value is -3.26. The fourth-order valence-corrected chi connectivity index (χ4v) is 4.56. The molecule has 7 N–H and O–H groups in total. The lowest BCUT2D eigenvalue weighted by Crippen LogP contribution is -2.58. The number of likely N-dealkylation sites (N-methyl/N-ethyl adjacent to an activating group) is 1. The zero-order valence-electron chi connectivity index (χ0n) is 29.1. The smallest absolute Gasteiger partial charge is 0.308 e. The molecule has 1 rings (SSSR count). The van der Waals surface area contributed by atoms with E-state index in [9.17, 15) is 28.8 Å². The predicted octanol–water partition coefficient (Wildman–Crippen LogP) is 1.09. The number of rotatable bonds is 20. The minimum Gasteiger partial charge on any atom is -0.460 e. The molecule has 0 saturated heterocycles. The average Bonchev–Trinajstić information content (AvgIpc) is 3.71. The fraction of sp³-hybridized carbons (Fsp3) is 0.812. The molecule has 0 aliphatic heterocycles. The molecule has 264 valence electrons. The normalized spacial score (nSPS) is 15.8. The van der Waals surface area contributed by atoms with Crippen LogP contribution < -0.4 is 32.3 Å². The van der Waals surface area contributed by atoms with E-state index >= 15 is 0 Å². The van der Waals surface area contributed by atoms with E-state index in [2.05, 4.69) is 33.5 Å². The number of carbonyl (C=O) groups excluding carboxylic acids is 6. The highest BCUT2D eigenvalue weighted by Crippen LogP contribution is 2.36. The Morgan fingerprint density at radius 1 is 0.783 bits per heavy atom. The Morgan fingerprint density at radius 3 is 1.93 bits per heavy atom. The molecule has 14 nitrogen and oxygen atoms in total. The predicted molar refractivity (Wildman–Crippen MR) is 173 cm³/mol. The van der Waals surface area contributed by atoms with Crippen molar-refractivity contribution in [3.63, 3.8) is 0 Å². The van der Waals surface area contributed by atoms with Gasteiger partial charge in [-0.2, -0.15) is 0 Å². The van der Waals surface area contributed by atoms with Crippen LogP contribution in [0.2, 0.25) is 0 Å². The first-order chi connectivity index (χ1) is 21.3. The van der Waals surface area contributed by atoms with Gasteiger partial charge in [-0.1, -0.05) is 26.2 Å².